The lowest BCUT2D eigenvalue weighted by Crippen LogP contribution is -1.76. The highest BCUT2D eigenvalue weighted by Crippen LogP contribution is 1.87. The van der Waals surface area contributed by atoms with Crippen LogP contribution in [-0.2, 0) is 0 Å². The third kappa shape index (κ3) is 0.841. The molecule has 0 unspecified atom stereocenters. The molecular formula is C4H4N2O2. The smallest absolute Gasteiger partial charge is 0.128 e. The van der Waals surface area contributed by atoms with Crippen molar-refractivity contribution < 1.29 is 9.73 Å². The molecule has 1 N–H and O–H groups in total. The molecule has 4 nitrogen and oxygen atoms in total. The van der Waals surface area contributed by atoms with E-state index in [-0.39, 0.29) is 0 Å². The zero-order valence-corrected chi connectivity index (χ0v) is 3.98. The fourth-order valence-electron chi connectivity index (χ4n) is 0.348. The van der Waals surface area contributed by atoms with E-state index in [1.807, 2.05) is 0 Å². The highest BCUT2D eigenvalue weighted by Gasteiger charge is 1.86. The average molecular weight is 112 g/mol. The third-order valence-corrected chi connectivity index (χ3v) is 0.648. The fourth-order valence-corrected chi connectivity index (χ4v) is 0.348. The summed E-state index contributed by atoms with van der Waals surface area (Å²) in [6.07, 6.45) is 2.58. The van der Waals surface area contributed by atoms with Crippen LogP contribution in [0, 0.1) is 0 Å². The van der Waals surface area contributed by atoms with Gasteiger partial charge in [0.1, 0.15) is 12.0 Å². The Bertz CT molecular complexity index is 168. The van der Waals surface area contributed by atoms with Crippen LogP contribution in [-0.4, -0.2) is 16.6 Å². The first-order valence-electron chi connectivity index (χ1n) is 2.01. The first-order chi connectivity index (χ1) is 3.93. The lowest BCUT2D eigenvalue weighted by Gasteiger charge is -1.70. The van der Waals surface area contributed by atoms with Crippen LogP contribution in [0.3, 0.4) is 0 Å². The van der Waals surface area contributed by atoms with Crippen LogP contribution < -0.4 is 0 Å². The van der Waals surface area contributed by atoms with Gasteiger partial charge in [-0.2, -0.15) is 0 Å². The van der Waals surface area contributed by atoms with Crippen LogP contribution in [0.4, 0.5) is 0 Å². The fraction of sp³-hybridized carbons (Fsp3) is 0. The van der Waals surface area contributed by atoms with Gasteiger partial charge in [0.15, 0.2) is 0 Å². The maximum Gasteiger partial charge on any atom is 0.128 e. The molecule has 0 aromatic carbocycles. The van der Waals surface area contributed by atoms with Crippen molar-refractivity contribution in [1.82, 2.24) is 5.16 Å². The summed E-state index contributed by atoms with van der Waals surface area (Å²) in [6, 6.07) is 1.58. The Morgan fingerprint density at radius 3 is 3.25 bits per heavy atom. The van der Waals surface area contributed by atoms with E-state index >= 15 is 0 Å². The summed E-state index contributed by atoms with van der Waals surface area (Å²) in [5, 5.41) is 14.1. The van der Waals surface area contributed by atoms with Crippen LogP contribution in [0.5, 0.6) is 0 Å². The molecule has 0 spiro atoms. The van der Waals surface area contributed by atoms with E-state index in [0.29, 0.717) is 5.69 Å². The molecule has 0 fully saturated rings. The van der Waals surface area contributed by atoms with Crippen molar-refractivity contribution in [2.45, 2.75) is 0 Å². The predicted molar refractivity (Wildman–Crippen MR) is 25.9 cm³/mol. The van der Waals surface area contributed by atoms with Gasteiger partial charge in [0.25, 0.3) is 0 Å². The average Bonchev–Trinajstić information content (AvgIpc) is 2.19. The quantitative estimate of drug-likeness (QED) is 0.326. The second kappa shape index (κ2) is 2.11. The molecule has 0 aliphatic rings. The molecule has 1 heterocycles. The minimum atomic E-state index is 0.507. The zero-order valence-electron chi connectivity index (χ0n) is 3.98. The normalized spacial score (nSPS) is 10.5. The molecule has 0 saturated carbocycles. The minimum absolute atomic E-state index is 0.507. The first kappa shape index (κ1) is 4.83. The van der Waals surface area contributed by atoms with Crippen molar-refractivity contribution in [3.05, 3.63) is 18.0 Å². The Balaban J connectivity index is 2.77. The maximum atomic E-state index is 7.93. The molecule has 0 saturated heterocycles. The number of oxime groups is 1. The summed E-state index contributed by atoms with van der Waals surface area (Å²) < 4.78 is 4.41. The van der Waals surface area contributed by atoms with Gasteiger partial charge >= 0.3 is 0 Å². The summed E-state index contributed by atoms with van der Waals surface area (Å²) in [4.78, 5) is 0. The molecule has 4 heteroatoms. The van der Waals surface area contributed by atoms with E-state index in [4.69, 9.17) is 5.21 Å². The molecule has 0 bridgehead atoms. The Morgan fingerprint density at radius 1 is 1.88 bits per heavy atom. The largest absolute Gasteiger partial charge is 0.411 e. The van der Waals surface area contributed by atoms with Gasteiger partial charge in [-0.3, -0.25) is 0 Å². The molecule has 1 aromatic rings. The van der Waals surface area contributed by atoms with Gasteiger partial charge in [-0.15, -0.1) is 0 Å². The summed E-state index contributed by atoms with van der Waals surface area (Å²) in [5.74, 6) is 0. The summed E-state index contributed by atoms with van der Waals surface area (Å²) in [5.41, 5.74) is 0.507. The molecule has 0 atom stereocenters. The number of rotatable bonds is 1. The lowest BCUT2D eigenvalue weighted by molar-refractivity contribution is 0.321. The Kier molecular flexibility index (Phi) is 1.27. The van der Waals surface area contributed by atoms with Gasteiger partial charge in [0.2, 0.25) is 0 Å². The van der Waals surface area contributed by atoms with Crippen molar-refractivity contribution in [3.63, 3.8) is 0 Å². The van der Waals surface area contributed by atoms with Crippen LogP contribution in [0.2, 0.25) is 0 Å². The second-order valence-electron chi connectivity index (χ2n) is 1.17. The van der Waals surface area contributed by atoms with E-state index in [0.717, 1.165) is 0 Å². The van der Waals surface area contributed by atoms with Crippen LogP contribution >= 0.6 is 0 Å². The maximum absolute atomic E-state index is 7.93. The molecule has 42 valence electrons. The Hall–Kier alpha value is -1.32. The number of aromatic nitrogens is 1. The molecular weight excluding hydrogens is 108 g/mol. The molecule has 0 amide bonds. The van der Waals surface area contributed by atoms with Gasteiger partial charge < -0.3 is 9.73 Å². The number of nitrogens with zero attached hydrogens (tertiary/aromatic N) is 2. The number of hydrogen-bond acceptors (Lipinski definition) is 4. The SMILES string of the molecule is ON=Cc1ccon1. The van der Waals surface area contributed by atoms with Crippen LogP contribution in [0.25, 0.3) is 0 Å². The van der Waals surface area contributed by atoms with E-state index in [1.54, 1.807) is 6.07 Å². The Labute approximate surface area is 45.4 Å². The zero-order chi connectivity index (χ0) is 5.82. The molecule has 0 aliphatic carbocycles. The highest BCUT2D eigenvalue weighted by atomic mass is 16.5. The molecule has 1 rings (SSSR count). The molecule has 8 heavy (non-hydrogen) atoms. The van der Waals surface area contributed by atoms with E-state index in [2.05, 4.69) is 14.8 Å². The Morgan fingerprint density at radius 2 is 2.75 bits per heavy atom. The number of hydrogen-bond donors (Lipinski definition) is 1. The highest BCUT2D eigenvalue weighted by molar-refractivity contribution is 5.75. The van der Waals surface area contributed by atoms with Crippen molar-refractivity contribution in [2.24, 2.45) is 5.16 Å². The van der Waals surface area contributed by atoms with Gasteiger partial charge in [-0.25, -0.2) is 0 Å². The van der Waals surface area contributed by atoms with Crippen molar-refractivity contribution in [2.75, 3.05) is 0 Å². The van der Waals surface area contributed by atoms with Gasteiger partial charge in [0.05, 0.1) is 6.21 Å². The lowest BCUT2D eigenvalue weighted by atomic mass is 10.5. The van der Waals surface area contributed by atoms with Gasteiger partial charge in [-0.1, -0.05) is 10.3 Å². The third-order valence-electron chi connectivity index (χ3n) is 0.648. The minimum Gasteiger partial charge on any atom is -0.411 e. The summed E-state index contributed by atoms with van der Waals surface area (Å²) >= 11 is 0. The second-order valence-corrected chi connectivity index (χ2v) is 1.17. The van der Waals surface area contributed by atoms with E-state index in [9.17, 15) is 0 Å². The van der Waals surface area contributed by atoms with Crippen molar-refractivity contribution in [1.29, 1.82) is 0 Å². The summed E-state index contributed by atoms with van der Waals surface area (Å²) in [6.45, 7) is 0. The van der Waals surface area contributed by atoms with Crippen LogP contribution in [0.15, 0.2) is 22.0 Å². The van der Waals surface area contributed by atoms with Gasteiger partial charge in [-0.05, 0) is 0 Å². The predicted octanol–water partition coefficient (Wildman–Crippen LogP) is 0.483. The molecule has 0 aliphatic heterocycles. The van der Waals surface area contributed by atoms with Gasteiger partial charge in [0, 0.05) is 6.07 Å². The van der Waals surface area contributed by atoms with E-state index in [1.165, 1.54) is 12.5 Å². The van der Waals surface area contributed by atoms with Crippen LogP contribution in [0.1, 0.15) is 5.69 Å². The van der Waals surface area contributed by atoms with E-state index < -0.39 is 0 Å². The molecule has 1 aromatic heterocycles. The first-order valence-corrected chi connectivity index (χ1v) is 2.01. The van der Waals surface area contributed by atoms with Crippen molar-refractivity contribution >= 4 is 6.21 Å². The monoisotopic (exact) mass is 112 g/mol. The standard InChI is InChI=1S/C4H4N2O2/c7-5-3-4-1-2-8-6-4/h1-3,7H. The topological polar surface area (TPSA) is 58.6 Å². The summed E-state index contributed by atoms with van der Waals surface area (Å²) in [7, 11) is 0. The van der Waals surface area contributed by atoms with Crippen molar-refractivity contribution in [3.8, 4) is 0 Å². The molecule has 0 radical (unpaired) electrons.